The van der Waals surface area contributed by atoms with Gasteiger partial charge in [-0.25, -0.2) is 19.3 Å². The Morgan fingerprint density at radius 3 is 2.79 bits per heavy atom. The monoisotopic (exact) mass is 438 g/mol. The number of nitrogens with one attached hydrogen (secondary N) is 2. The molecule has 8 nitrogen and oxygen atoms in total. The highest BCUT2D eigenvalue weighted by atomic mass is 19.1. The molecule has 0 bridgehead atoms. The van der Waals surface area contributed by atoms with E-state index in [-0.39, 0.29) is 11.9 Å². The summed E-state index contributed by atoms with van der Waals surface area (Å²) in [4.78, 5) is 16.4. The summed E-state index contributed by atoms with van der Waals surface area (Å²) < 4.78 is 16.3. The predicted molar refractivity (Wildman–Crippen MR) is 125 cm³/mol. The SMILES string of the molecule is CC(c1cnc(-c2ccccc2F)[nH]1)n1cc(-c2ccc3[nH]ncc3c2)c2c(N)ncnc21. The van der Waals surface area contributed by atoms with Gasteiger partial charge in [0.15, 0.2) is 0 Å². The lowest BCUT2D eigenvalue weighted by atomic mass is 10.0. The Hall–Kier alpha value is -4.53. The van der Waals surface area contributed by atoms with Crippen molar-refractivity contribution in [2.45, 2.75) is 13.0 Å². The minimum absolute atomic E-state index is 0.166. The highest BCUT2D eigenvalue weighted by Gasteiger charge is 2.21. The number of hydrogen-bond acceptors (Lipinski definition) is 5. The number of nitrogens with zero attached hydrogens (tertiary/aromatic N) is 5. The molecule has 6 rings (SSSR count). The fourth-order valence-electron chi connectivity index (χ4n) is 4.22. The van der Waals surface area contributed by atoms with Gasteiger partial charge in [-0.3, -0.25) is 5.10 Å². The number of rotatable bonds is 4. The fourth-order valence-corrected chi connectivity index (χ4v) is 4.22. The molecule has 0 fully saturated rings. The Kier molecular flexibility index (Phi) is 4.22. The van der Waals surface area contributed by atoms with E-state index in [0.29, 0.717) is 22.9 Å². The Morgan fingerprint density at radius 2 is 1.91 bits per heavy atom. The third kappa shape index (κ3) is 3.05. The lowest BCUT2D eigenvalue weighted by Gasteiger charge is -2.13. The number of imidazole rings is 1. The highest BCUT2D eigenvalue weighted by Crippen LogP contribution is 2.36. The van der Waals surface area contributed by atoms with E-state index in [1.807, 2.05) is 29.8 Å². The zero-order valence-electron chi connectivity index (χ0n) is 17.6. The average molecular weight is 438 g/mol. The van der Waals surface area contributed by atoms with Crippen LogP contribution in [0.1, 0.15) is 18.7 Å². The van der Waals surface area contributed by atoms with Gasteiger partial charge in [-0.05, 0) is 36.8 Å². The molecule has 0 aliphatic rings. The highest BCUT2D eigenvalue weighted by molar-refractivity contribution is 6.02. The second-order valence-electron chi connectivity index (χ2n) is 7.92. The molecule has 1 unspecified atom stereocenters. The van der Waals surface area contributed by atoms with Crippen molar-refractivity contribution in [2.24, 2.45) is 0 Å². The van der Waals surface area contributed by atoms with Gasteiger partial charge in [0.1, 0.15) is 29.4 Å². The average Bonchev–Trinajstić information content (AvgIpc) is 3.57. The molecule has 0 amide bonds. The topological polar surface area (TPSA) is 114 Å². The van der Waals surface area contributed by atoms with Crippen molar-refractivity contribution in [1.82, 2.24) is 34.7 Å². The molecule has 0 saturated heterocycles. The smallest absolute Gasteiger partial charge is 0.146 e. The number of nitrogens with two attached hydrogens (primary N) is 1. The number of aromatic amines is 2. The first kappa shape index (κ1) is 19.2. The second-order valence-corrected chi connectivity index (χ2v) is 7.92. The largest absolute Gasteiger partial charge is 0.383 e. The number of H-pyrrole nitrogens is 2. The van der Waals surface area contributed by atoms with E-state index in [9.17, 15) is 4.39 Å². The van der Waals surface area contributed by atoms with Crippen molar-refractivity contribution in [2.75, 3.05) is 5.73 Å². The van der Waals surface area contributed by atoms with Crippen LogP contribution in [0.2, 0.25) is 0 Å². The van der Waals surface area contributed by atoms with Crippen LogP contribution < -0.4 is 5.73 Å². The summed E-state index contributed by atoms with van der Waals surface area (Å²) in [5, 5.41) is 8.85. The van der Waals surface area contributed by atoms with Crippen LogP contribution in [0.3, 0.4) is 0 Å². The number of benzene rings is 2. The van der Waals surface area contributed by atoms with Crippen LogP contribution in [0, 0.1) is 5.82 Å². The summed E-state index contributed by atoms with van der Waals surface area (Å²) in [5.74, 6) is 0.561. The lowest BCUT2D eigenvalue weighted by Crippen LogP contribution is -2.07. The van der Waals surface area contributed by atoms with Gasteiger partial charge in [0, 0.05) is 17.1 Å². The third-order valence-electron chi connectivity index (χ3n) is 5.98. The van der Waals surface area contributed by atoms with E-state index in [1.54, 1.807) is 30.6 Å². The van der Waals surface area contributed by atoms with Gasteiger partial charge in [0.2, 0.25) is 0 Å². The Bertz CT molecular complexity index is 1630. The van der Waals surface area contributed by atoms with Crippen molar-refractivity contribution in [3.05, 3.63) is 78.9 Å². The number of halogens is 1. The van der Waals surface area contributed by atoms with Gasteiger partial charge in [-0.1, -0.05) is 18.2 Å². The van der Waals surface area contributed by atoms with E-state index < -0.39 is 0 Å². The summed E-state index contributed by atoms with van der Waals surface area (Å²) in [5.41, 5.74) is 11.1. The van der Waals surface area contributed by atoms with E-state index in [2.05, 4.69) is 36.2 Å². The minimum atomic E-state index is -0.324. The van der Waals surface area contributed by atoms with E-state index >= 15 is 0 Å². The molecule has 9 heteroatoms. The Balaban J connectivity index is 1.48. The first-order valence-corrected chi connectivity index (χ1v) is 10.4. The third-order valence-corrected chi connectivity index (χ3v) is 5.98. The van der Waals surface area contributed by atoms with Crippen LogP contribution in [-0.2, 0) is 0 Å². The Morgan fingerprint density at radius 1 is 1.03 bits per heavy atom. The van der Waals surface area contributed by atoms with Crippen LogP contribution in [0.15, 0.2) is 67.4 Å². The van der Waals surface area contributed by atoms with Crippen LogP contribution in [-0.4, -0.2) is 34.7 Å². The number of fused-ring (bicyclic) bond motifs is 2. The van der Waals surface area contributed by atoms with Crippen LogP contribution >= 0.6 is 0 Å². The zero-order valence-corrected chi connectivity index (χ0v) is 17.6. The Labute approximate surface area is 187 Å². The quantitative estimate of drug-likeness (QED) is 0.369. The van der Waals surface area contributed by atoms with Crippen molar-refractivity contribution < 1.29 is 4.39 Å². The number of aromatic nitrogens is 7. The first-order chi connectivity index (χ1) is 16.1. The number of anilines is 1. The number of nitrogen functional groups attached to an aromatic ring is 1. The molecule has 4 N–H and O–H groups in total. The molecule has 1 atom stereocenters. The summed E-state index contributed by atoms with van der Waals surface area (Å²) in [6, 6.07) is 12.5. The van der Waals surface area contributed by atoms with Crippen LogP contribution in [0.4, 0.5) is 10.2 Å². The summed E-state index contributed by atoms with van der Waals surface area (Å²) in [6.45, 7) is 2.03. The summed E-state index contributed by atoms with van der Waals surface area (Å²) in [7, 11) is 0. The normalized spacial score (nSPS) is 12.5. The zero-order chi connectivity index (χ0) is 22.5. The van der Waals surface area contributed by atoms with Gasteiger partial charge in [0.05, 0.1) is 40.6 Å². The molecule has 162 valence electrons. The van der Waals surface area contributed by atoms with Crippen molar-refractivity contribution in [3.63, 3.8) is 0 Å². The molecule has 6 aromatic rings. The molecule has 0 radical (unpaired) electrons. The van der Waals surface area contributed by atoms with Crippen LogP contribution in [0.5, 0.6) is 0 Å². The summed E-state index contributed by atoms with van der Waals surface area (Å²) in [6.07, 6.45) is 6.99. The fraction of sp³-hybridized carbons (Fsp3) is 0.0833. The van der Waals surface area contributed by atoms with E-state index in [1.165, 1.54) is 12.4 Å². The predicted octanol–water partition coefficient (Wildman–Crippen LogP) is 4.70. The molecule has 0 aliphatic carbocycles. The molecule has 33 heavy (non-hydrogen) atoms. The number of hydrogen-bond donors (Lipinski definition) is 3. The molecular weight excluding hydrogens is 419 g/mol. The molecule has 0 spiro atoms. The van der Waals surface area contributed by atoms with Crippen LogP contribution in [0.25, 0.3) is 44.5 Å². The summed E-state index contributed by atoms with van der Waals surface area (Å²) >= 11 is 0. The second kappa shape index (κ2) is 7.27. The van der Waals surface area contributed by atoms with Gasteiger partial charge >= 0.3 is 0 Å². The van der Waals surface area contributed by atoms with E-state index in [4.69, 9.17) is 5.73 Å². The van der Waals surface area contributed by atoms with Crippen molar-refractivity contribution in [3.8, 4) is 22.5 Å². The molecule has 2 aromatic carbocycles. The van der Waals surface area contributed by atoms with E-state index in [0.717, 1.165) is 33.1 Å². The van der Waals surface area contributed by atoms with Gasteiger partial charge in [-0.15, -0.1) is 0 Å². The minimum Gasteiger partial charge on any atom is -0.383 e. The van der Waals surface area contributed by atoms with Gasteiger partial charge < -0.3 is 15.3 Å². The molecular formula is C24H19FN8. The van der Waals surface area contributed by atoms with Crippen molar-refractivity contribution >= 4 is 27.8 Å². The lowest BCUT2D eigenvalue weighted by molar-refractivity contribution is 0.628. The molecule has 0 aliphatic heterocycles. The molecule has 0 saturated carbocycles. The van der Waals surface area contributed by atoms with Gasteiger partial charge in [0.25, 0.3) is 0 Å². The maximum Gasteiger partial charge on any atom is 0.146 e. The first-order valence-electron chi connectivity index (χ1n) is 10.4. The van der Waals surface area contributed by atoms with Gasteiger partial charge in [-0.2, -0.15) is 5.10 Å². The standard InChI is InChI=1S/C24H19FN8/c1-13(20-10-27-23(31-20)16-4-2-3-5-18(16)25)33-11-17(21-22(26)28-12-29-24(21)33)14-6-7-19-15(8-14)9-30-32-19/h2-13H,1H3,(H,27,31)(H,30,32)(H2,26,28,29). The molecule has 4 heterocycles. The maximum atomic E-state index is 14.2. The van der Waals surface area contributed by atoms with Crippen molar-refractivity contribution in [1.29, 1.82) is 0 Å². The molecule has 4 aromatic heterocycles. The maximum absolute atomic E-state index is 14.2.